The first kappa shape index (κ1) is 13.3. The maximum atomic E-state index is 2.30. The molecule has 4 rings (SSSR count). The van der Waals surface area contributed by atoms with Crippen LogP contribution in [0.1, 0.15) is 25.0 Å². The van der Waals surface area contributed by atoms with Gasteiger partial charge in [0.05, 0.1) is 0 Å². The first-order valence-corrected chi connectivity index (χ1v) is 8.19. The number of fused-ring (bicyclic) bond motifs is 5. The Labute approximate surface area is 131 Å². The molecule has 4 aromatic carbocycles. The van der Waals surface area contributed by atoms with Crippen molar-refractivity contribution in [2.45, 2.75) is 26.7 Å². The second kappa shape index (κ2) is 5.14. The molecular weight excluding hydrogens is 264 g/mol. The van der Waals surface area contributed by atoms with Crippen molar-refractivity contribution in [2.75, 3.05) is 0 Å². The molecule has 0 aliphatic carbocycles. The third-order valence-corrected chi connectivity index (χ3v) is 4.84. The Balaban J connectivity index is 2.36. The summed E-state index contributed by atoms with van der Waals surface area (Å²) in [5, 5.41) is 8.38. The third kappa shape index (κ3) is 1.77. The van der Waals surface area contributed by atoms with Gasteiger partial charge in [0.1, 0.15) is 0 Å². The Kier molecular flexibility index (Phi) is 3.11. The maximum Gasteiger partial charge on any atom is -0.00642 e. The fraction of sp³-hybridized carbons (Fsp3) is 0.182. The van der Waals surface area contributed by atoms with Gasteiger partial charge in [-0.2, -0.15) is 0 Å². The number of benzene rings is 4. The summed E-state index contributed by atoms with van der Waals surface area (Å²) in [6.45, 7) is 4.56. The molecule has 0 fully saturated rings. The van der Waals surface area contributed by atoms with E-state index in [-0.39, 0.29) is 0 Å². The molecule has 0 heteroatoms. The Morgan fingerprint density at radius 1 is 0.545 bits per heavy atom. The minimum Gasteiger partial charge on any atom is -0.0616 e. The highest BCUT2D eigenvalue weighted by Crippen LogP contribution is 2.37. The van der Waals surface area contributed by atoms with Gasteiger partial charge in [-0.25, -0.2) is 0 Å². The highest BCUT2D eigenvalue weighted by atomic mass is 14.2. The number of rotatable bonds is 2. The van der Waals surface area contributed by atoms with Crippen molar-refractivity contribution in [1.29, 1.82) is 0 Å². The summed E-state index contributed by atoms with van der Waals surface area (Å²) in [4.78, 5) is 0. The van der Waals surface area contributed by atoms with Crippen LogP contribution in [0, 0.1) is 0 Å². The minimum atomic E-state index is 1.08. The van der Waals surface area contributed by atoms with Gasteiger partial charge in [0.15, 0.2) is 0 Å². The number of hydrogen-bond acceptors (Lipinski definition) is 0. The van der Waals surface area contributed by atoms with Crippen LogP contribution in [0.4, 0.5) is 0 Å². The largest absolute Gasteiger partial charge is 0.0616 e. The molecule has 0 nitrogen and oxygen atoms in total. The monoisotopic (exact) mass is 284 g/mol. The highest BCUT2D eigenvalue weighted by Gasteiger charge is 2.13. The van der Waals surface area contributed by atoms with E-state index >= 15 is 0 Å². The second-order valence-corrected chi connectivity index (χ2v) is 5.92. The van der Waals surface area contributed by atoms with Crippen molar-refractivity contribution >= 4 is 32.3 Å². The Morgan fingerprint density at radius 2 is 1.18 bits per heavy atom. The van der Waals surface area contributed by atoms with Crippen LogP contribution >= 0.6 is 0 Å². The molecule has 0 aliphatic rings. The van der Waals surface area contributed by atoms with Crippen molar-refractivity contribution in [3.63, 3.8) is 0 Å². The van der Waals surface area contributed by atoms with E-state index in [1.165, 1.54) is 43.4 Å². The highest BCUT2D eigenvalue weighted by molar-refractivity contribution is 6.19. The molecule has 0 spiro atoms. The normalized spacial score (nSPS) is 11.5. The van der Waals surface area contributed by atoms with Gasteiger partial charge in [0, 0.05) is 0 Å². The van der Waals surface area contributed by atoms with Gasteiger partial charge in [0.25, 0.3) is 0 Å². The first-order valence-electron chi connectivity index (χ1n) is 8.19. The zero-order chi connectivity index (χ0) is 15.1. The minimum absolute atomic E-state index is 1.08. The van der Waals surface area contributed by atoms with E-state index < -0.39 is 0 Å². The van der Waals surface area contributed by atoms with E-state index in [1.807, 2.05) is 0 Å². The average Bonchev–Trinajstić information content (AvgIpc) is 2.60. The van der Waals surface area contributed by atoms with Crippen molar-refractivity contribution in [1.82, 2.24) is 0 Å². The summed E-state index contributed by atoms with van der Waals surface area (Å²) >= 11 is 0. The van der Waals surface area contributed by atoms with Crippen LogP contribution in [0.25, 0.3) is 32.3 Å². The lowest BCUT2D eigenvalue weighted by Gasteiger charge is -2.17. The Morgan fingerprint density at radius 3 is 1.91 bits per heavy atom. The van der Waals surface area contributed by atoms with Gasteiger partial charge in [0.2, 0.25) is 0 Å². The quantitative estimate of drug-likeness (QED) is 0.380. The predicted octanol–water partition coefficient (Wildman–Crippen LogP) is 6.27. The average molecular weight is 284 g/mol. The van der Waals surface area contributed by atoms with Crippen LogP contribution in [-0.2, 0) is 12.8 Å². The van der Waals surface area contributed by atoms with E-state index in [1.54, 1.807) is 0 Å². The predicted molar refractivity (Wildman–Crippen MR) is 97.7 cm³/mol. The van der Waals surface area contributed by atoms with Crippen molar-refractivity contribution in [3.05, 3.63) is 71.8 Å². The molecule has 0 aromatic heterocycles. The van der Waals surface area contributed by atoms with Gasteiger partial charge in [-0.3, -0.25) is 0 Å². The lowest BCUT2D eigenvalue weighted by Crippen LogP contribution is -1.96. The molecule has 0 amide bonds. The molecule has 108 valence electrons. The molecule has 0 bridgehead atoms. The van der Waals surface area contributed by atoms with Gasteiger partial charge in [-0.15, -0.1) is 0 Å². The van der Waals surface area contributed by atoms with E-state index in [9.17, 15) is 0 Å². The lowest BCUT2D eigenvalue weighted by atomic mass is 9.87. The van der Waals surface area contributed by atoms with Crippen LogP contribution in [0.3, 0.4) is 0 Å². The van der Waals surface area contributed by atoms with Crippen LogP contribution < -0.4 is 0 Å². The summed E-state index contributed by atoms with van der Waals surface area (Å²) in [5.41, 5.74) is 3.04. The van der Waals surface area contributed by atoms with Crippen LogP contribution in [0.2, 0.25) is 0 Å². The van der Waals surface area contributed by atoms with Crippen molar-refractivity contribution < 1.29 is 0 Å². The van der Waals surface area contributed by atoms with E-state index in [4.69, 9.17) is 0 Å². The molecule has 0 heterocycles. The van der Waals surface area contributed by atoms with Crippen LogP contribution in [-0.4, -0.2) is 0 Å². The molecule has 22 heavy (non-hydrogen) atoms. The SMILES string of the molecule is CCc1c(CC)c2c3ccccc3ccc2c2ccccc12. The van der Waals surface area contributed by atoms with Crippen molar-refractivity contribution in [3.8, 4) is 0 Å². The zero-order valence-corrected chi connectivity index (χ0v) is 13.2. The molecule has 0 atom stereocenters. The smallest absolute Gasteiger partial charge is 0.00642 e. The van der Waals surface area contributed by atoms with Gasteiger partial charge >= 0.3 is 0 Å². The fourth-order valence-corrected chi connectivity index (χ4v) is 3.91. The molecule has 4 aromatic rings. The second-order valence-electron chi connectivity index (χ2n) is 5.92. The first-order chi connectivity index (χ1) is 10.8. The summed E-state index contributed by atoms with van der Waals surface area (Å²) in [6.07, 6.45) is 2.17. The summed E-state index contributed by atoms with van der Waals surface area (Å²) in [5.74, 6) is 0. The molecule has 0 saturated carbocycles. The molecule has 0 N–H and O–H groups in total. The molecule has 0 saturated heterocycles. The molecule has 0 unspecified atom stereocenters. The fourth-order valence-electron chi connectivity index (χ4n) is 3.91. The summed E-state index contributed by atoms with van der Waals surface area (Å²) in [7, 11) is 0. The van der Waals surface area contributed by atoms with Gasteiger partial charge in [-0.05, 0) is 56.3 Å². The van der Waals surface area contributed by atoms with Crippen molar-refractivity contribution in [2.24, 2.45) is 0 Å². The summed E-state index contributed by atoms with van der Waals surface area (Å²) < 4.78 is 0. The summed E-state index contributed by atoms with van der Waals surface area (Å²) in [6, 6.07) is 22.2. The van der Waals surface area contributed by atoms with Gasteiger partial charge in [-0.1, -0.05) is 74.5 Å². The topological polar surface area (TPSA) is 0 Å². The Bertz CT molecular complexity index is 987. The standard InChI is InChI=1S/C22H20/c1-3-16-17(4-2)22-18-10-6-5-9-15(18)13-14-21(22)20-12-8-7-11-19(16)20/h5-14H,3-4H2,1-2H3. The van der Waals surface area contributed by atoms with E-state index in [0.717, 1.165) is 12.8 Å². The van der Waals surface area contributed by atoms with Crippen LogP contribution in [0.15, 0.2) is 60.7 Å². The van der Waals surface area contributed by atoms with E-state index in [2.05, 4.69) is 74.5 Å². The van der Waals surface area contributed by atoms with Gasteiger partial charge < -0.3 is 0 Å². The Hall–Kier alpha value is -2.34. The van der Waals surface area contributed by atoms with E-state index in [0.29, 0.717) is 0 Å². The number of aryl methyl sites for hydroxylation is 2. The molecule has 0 aliphatic heterocycles. The zero-order valence-electron chi connectivity index (χ0n) is 13.2. The number of hydrogen-bond donors (Lipinski definition) is 0. The molecule has 0 radical (unpaired) electrons. The third-order valence-electron chi connectivity index (χ3n) is 4.84. The molecular formula is C22H20. The maximum absolute atomic E-state index is 2.30. The van der Waals surface area contributed by atoms with Crippen LogP contribution in [0.5, 0.6) is 0 Å². The lowest BCUT2D eigenvalue weighted by molar-refractivity contribution is 1.07.